The van der Waals surface area contributed by atoms with E-state index in [1.54, 1.807) is 0 Å². The Morgan fingerprint density at radius 3 is 2.12 bits per heavy atom. The number of nitrogen functional groups attached to an aromatic ring is 2. The second-order valence-electron chi connectivity index (χ2n) is 8.77. The maximum Gasteiger partial charge on any atom is 0.410 e. The summed E-state index contributed by atoms with van der Waals surface area (Å²) in [4.78, 5) is 16.5. The molecule has 0 saturated carbocycles. The SMILES string of the molecule is CC(C)(C)OC(=O)N1CCC2(CC1)CCN(c1ccc(N)c(N)c1)CC2. The molecule has 6 nitrogen and oxygen atoms in total. The molecule has 2 saturated heterocycles. The molecule has 144 valence electrons. The van der Waals surface area contributed by atoms with E-state index in [9.17, 15) is 4.79 Å². The zero-order valence-electron chi connectivity index (χ0n) is 16.3. The lowest BCUT2D eigenvalue weighted by Crippen LogP contribution is -2.49. The summed E-state index contributed by atoms with van der Waals surface area (Å²) in [5, 5.41) is 0. The largest absolute Gasteiger partial charge is 0.444 e. The van der Waals surface area contributed by atoms with E-state index in [2.05, 4.69) is 11.0 Å². The predicted molar refractivity (Wildman–Crippen MR) is 106 cm³/mol. The van der Waals surface area contributed by atoms with Crippen molar-refractivity contribution in [1.82, 2.24) is 4.90 Å². The fraction of sp³-hybridized carbons (Fsp3) is 0.650. The van der Waals surface area contributed by atoms with Crippen LogP contribution in [0.4, 0.5) is 21.9 Å². The van der Waals surface area contributed by atoms with Crippen LogP contribution in [0.5, 0.6) is 0 Å². The third kappa shape index (κ3) is 4.17. The van der Waals surface area contributed by atoms with Gasteiger partial charge in [0.05, 0.1) is 11.4 Å². The Bertz CT molecular complexity index is 650. The number of piperidine rings is 2. The standard InChI is InChI=1S/C20H32N4O2/c1-19(2,3)26-18(25)24-12-8-20(9-13-24)6-10-23(11-7-20)15-4-5-16(21)17(22)14-15/h4-5,14H,6-13,21-22H2,1-3H3. The van der Waals surface area contributed by atoms with E-state index in [4.69, 9.17) is 16.2 Å². The molecule has 2 fully saturated rings. The van der Waals surface area contributed by atoms with Gasteiger partial charge in [-0.1, -0.05) is 0 Å². The summed E-state index contributed by atoms with van der Waals surface area (Å²) in [5.74, 6) is 0. The van der Waals surface area contributed by atoms with E-state index < -0.39 is 5.60 Å². The number of benzene rings is 1. The Morgan fingerprint density at radius 1 is 1.00 bits per heavy atom. The van der Waals surface area contributed by atoms with Crippen LogP contribution >= 0.6 is 0 Å². The molecular formula is C20H32N4O2. The number of carbonyl (C=O) groups excluding carboxylic acids is 1. The van der Waals surface area contributed by atoms with Gasteiger partial charge in [-0.05, 0) is 70.1 Å². The molecule has 2 aliphatic heterocycles. The van der Waals surface area contributed by atoms with Crippen molar-refractivity contribution in [1.29, 1.82) is 0 Å². The molecule has 0 bridgehead atoms. The molecule has 4 N–H and O–H groups in total. The fourth-order valence-corrected chi connectivity index (χ4v) is 3.99. The highest BCUT2D eigenvalue weighted by Gasteiger charge is 2.39. The second-order valence-corrected chi connectivity index (χ2v) is 8.77. The number of nitrogens with zero attached hydrogens (tertiary/aromatic N) is 2. The molecule has 1 aromatic rings. The van der Waals surface area contributed by atoms with Crippen molar-refractivity contribution in [2.24, 2.45) is 5.41 Å². The number of rotatable bonds is 1. The molecule has 2 aliphatic rings. The highest BCUT2D eigenvalue weighted by molar-refractivity contribution is 5.70. The van der Waals surface area contributed by atoms with Crippen LogP contribution in [-0.4, -0.2) is 42.8 Å². The smallest absolute Gasteiger partial charge is 0.410 e. The van der Waals surface area contributed by atoms with Crippen molar-refractivity contribution in [3.05, 3.63) is 18.2 Å². The first-order chi connectivity index (χ1) is 12.2. The third-order valence-corrected chi connectivity index (χ3v) is 5.74. The van der Waals surface area contributed by atoms with Gasteiger partial charge in [0.15, 0.2) is 0 Å². The molecule has 0 unspecified atom stereocenters. The van der Waals surface area contributed by atoms with Crippen LogP contribution in [0, 0.1) is 5.41 Å². The van der Waals surface area contributed by atoms with Gasteiger partial charge in [0.25, 0.3) is 0 Å². The Balaban J connectivity index is 1.53. The molecule has 3 rings (SSSR count). The normalized spacial score (nSPS) is 20.3. The molecule has 2 heterocycles. The number of hydrogen-bond acceptors (Lipinski definition) is 5. The van der Waals surface area contributed by atoms with Crippen LogP contribution in [0.1, 0.15) is 46.5 Å². The minimum Gasteiger partial charge on any atom is -0.444 e. The Hall–Kier alpha value is -2.11. The van der Waals surface area contributed by atoms with Crippen molar-refractivity contribution in [2.75, 3.05) is 42.5 Å². The predicted octanol–water partition coefficient (Wildman–Crippen LogP) is 3.47. The molecule has 0 atom stereocenters. The summed E-state index contributed by atoms with van der Waals surface area (Å²) in [7, 11) is 0. The summed E-state index contributed by atoms with van der Waals surface area (Å²) in [6.45, 7) is 9.38. The molecule has 0 aromatic heterocycles. The molecule has 1 spiro atoms. The lowest BCUT2D eigenvalue weighted by Gasteiger charge is -2.47. The van der Waals surface area contributed by atoms with Crippen molar-refractivity contribution in [2.45, 2.75) is 52.1 Å². The number of nitrogens with two attached hydrogens (primary N) is 2. The van der Waals surface area contributed by atoms with Crippen LogP contribution in [0.2, 0.25) is 0 Å². The minimum atomic E-state index is -0.432. The van der Waals surface area contributed by atoms with Gasteiger partial charge in [-0.2, -0.15) is 0 Å². The van der Waals surface area contributed by atoms with E-state index in [-0.39, 0.29) is 6.09 Å². The van der Waals surface area contributed by atoms with Crippen molar-refractivity contribution >= 4 is 23.2 Å². The Morgan fingerprint density at radius 2 is 1.58 bits per heavy atom. The summed E-state index contributed by atoms with van der Waals surface area (Å²) in [6, 6.07) is 5.90. The first-order valence-electron chi connectivity index (χ1n) is 9.55. The monoisotopic (exact) mass is 360 g/mol. The van der Waals surface area contributed by atoms with E-state index >= 15 is 0 Å². The number of carbonyl (C=O) groups is 1. The van der Waals surface area contributed by atoms with Crippen LogP contribution < -0.4 is 16.4 Å². The summed E-state index contributed by atoms with van der Waals surface area (Å²) < 4.78 is 5.51. The average Bonchev–Trinajstić information content (AvgIpc) is 2.57. The van der Waals surface area contributed by atoms with Crippen LogP contribution in [0.15, 0.2) is 18.2 Å². The third-order valence-electron chi connectivity index (χ3n) is 5.74. The van der Waals surface area contributed by atoms with Crippen molar-refractivity contribution in [3.8, 4) is 0 Å². The molecular weight excluding hydrogens is 328 g/mol. The lowest BCUT2D eigenvalue weighted by molar-refractivity contribution is 0.00666. The summed E-state index contributed by atoms with van der Waals surface area (Å²) >= 11 is 0. The highest BCUT2D eigenvalue weighted by Crippen LogP contribution is 2.42. The number of ether oxygens (including phenoxy) is 1. The number of likely N-dealkylation sites (tertiary alicyclic amines) is 1. The zero-order chi connectivity index (χ0) is 18.9. The topological polar surface area (TPSA) is 84.8 Å². The van der Waals surface area contributed by atoms with Crippen LogP contribution in [-0.2, 0) is 4.74 Å². The lowest BCUT2D eigenvalue weighted by atomic mass is 9.71. The Kier molecular flexibility index (Phi) is 4.95. The van der Waals surface area contributed by atoms with Gasteiger partial charge in [0.2, 0.25) is 0 Å². The number of anilines is 3. The van der Waals surface area contributed by atoms with Gasteiger partial charge in [-0.25, -0.2) is 4.79 Å². The molecule has 0 aliphatic carbocycles. The maximum absolute atomic E-state index is 12.3. The highest BCUT2D eigenvalue weighted by atomic mass is 16.6. The molecule has 26 heavy (non-hydrogen) atoms. The summed E-state index contributed by atoms with van der Waals surface area (Å²) in [5.41, 5.74) is 14.1. The van der Waals surface area contributed by atoms with E-state index in [1.807, 2.05) is 37.8 Å². The van der Waals surface area contributed by atoms with Crippen molar-refractivity contribution in [3.63, 3.8) is 0 Å². The van der Waals surface area contributed by atoms with Crippen LogP contribution in [0.25, 0.3) is 0 Å². The van der Waals surface area contributed by atoms with E-state index in [1.165, 1.54) is 0 Å². The van der Waals surface area contributed by atoms with Gasteiger partial charge in [0, 0.05) is 31.9 Å². The fourth-order valence-electron chi connectivity index (χ4n) is 3.99. The second kappa shape index (κ2) is 6.89. The maximum atomic E-state index is 12.3. The number of amides is 1. The van der Waals surface area contributed by atoms with Crippen molar-refractivity contribution < 1.29 is 9.53 Å². The minimum absolute atomic E-state index is 0.179. The molecule has 6 heteroatoms. The van der Waals surface area contributed by atoms with Crippen LogP contribution in [0.3, 0.4) is 0 Å². The summed E-state index contributed by atoms with van der Waals surface area (Å²) in [6.07, 6.45) is 4.24. The zero-order valence-corrected chi connectivity index (χ0v) is 16.3. The van der Waals surface area contributed by atoms with Gasteiger partial charge < -0.3 is 26.0 Å². The van der Waals surface area contributed by atoms with Gasteiger partial charge in [-0.3, -0.25) is 0 Å². The van der Waals surface area contributed by atoms with Gasteiger partial charge in [-0.15, -0.1) is 0 Å². The first kappa shape index (κ1) is 18.7. The van der Waals surface area contributed by atoms with Gasteiger partial charge in [0.1, 0.15) is 5.60 Å². The van der Waals surface area contributed by atoms with E-state index in [0.29, 0.717) is 16.8 Å². The first-order valence-corrected chi connectivity index (χ1v) is 9.55. The van der Waals surface area contributed by atoms with Gasteiger partial charge >= 0.3 is 6.09 Å². The number of hydrogen-bond donors (Lipinski definition) is 2. The Labute approximate surface area is 156 Å². The quantitative estimate of drug-likeness (QED) is 0.749. The average molecular weight is 361 g/mol. The molecule has 1 aromatic carbocycles. The van der Waals surface area contributed by atoms with E-state index in [0.717, 1.165) is 57.5 Å². The molecule has 0 radical (unpaired) electrons. The molecule has 1 amide bonds.